The molecule has 1 saturated heterocycles. The van der Waals surface area contributed by atoms with E-state index < -0.39 is 0 Å². The fraction of sp³-hybridized carbons (Fsp3) is 0.400. The van der Waals surface area contributed by atoms with Crippen LogP contribution in [-0.4, -0.2) is 61.8 Å². The van der Waals surface area contributed by atoms with Gasteiger partial charge in [-0.05, 0) is 43.3 Å². The van der Waals surface area contributed by atoms with Crippen LogP contribution in [0.4, 0.5) is 11.4 Å². The van der Waals surface area contributed by atoms with Gasteiger partial charge in [0.2, 0.25) is 0 Å². The Morgan fingerprint density at radius 1 is 1.15 bits per heavy atom. The number of hydrogen-bond donors (Lipinski definition) is 2. The lowest BCUT2D eigenvalue weighted by Crippen LogP contribution is -2.41. The Bertz CT molecular complexity index is 713. The molecular formula is C20H26N4O3. The molecule has 0 radical (unpaired) electrons. The van der Waals surface area contributed by atoms with Crippen molar-refractivity contribution in [2.24, 2.45) is 0 Å². The van der Waals surface area contributed by atoms with Crippen molar-refractivity contribution in [2.45, 2.75) is 6.92 Å². The van der Waals surface area contributed by atoms with Crippen LogP contribution >= 0.6 is 0 Å². The predicted octanol–water partition coefficient (Wildman–Crippen LogP) is 2.29. The lowest BCUT2D eigenvalue weighted by molar-refractivity contribution is 0.0383. The Hall–Kier alpha value is -2.64. The summed E-state index contributed by atoms with van der Waals surface area (Å²) >= 11 is 0. The van der Waals surface area contributed by atoms with Gasteiger partial charge in [0.05, 0.1) is 31.7 Å². The molecule has 1 fully saturated rings. The molecule has 7 heteroatoms. The third-order valence-electron chi connectivity index (χ3n) is 4.27. The zero-order valence-electron chi connectivity index (χ0n) is 15.6. The number of hydrogen-bond acceptors (Lipinski definition) is 6. The van der Waals surface area contributed by atoms with Gasteiger partial charge in [0.1, 0.15) is 11.4 Å². The number of anilines is 2. The SMILES string of the molecule is CCOc1ccc(Nc2ccc(C(=O)NCCN3CCOCC3)nc2)cc1. The summed E-state index contributed by atoms with van der Waals surface area (Å²) in [7, 11) is 0. The maximum absolute atomic E-state index is 12.2. The van der Waals surface area contributed by atoms with Crippen LogP contribution in [0.25, 0.3) is 0 Å². The largest absolute Gasteiger partial charge is 0.494 e. The van der Waals surface area contributed by atoms with Crippen molar-refractivity contribution in [1.29, 1.82) is 0 Å². The highest BCUT2D eigenvalue weighted by Crippen LogP contribution is 2.19. The van der Waals surface area contributed by atoms with Crippen molar-refractivity contribution in [2.75, 3.05) is 51.3 Å². The van der Waals surface area contributed by atoms with E-state index in [1.54, 1.807) is 12.3 Å². The number of benzene rings is 1. The molecule has 0 bridgehead atoms. The number of aromatic nitrogens is 1. The van der Waals surface area contributed by atoms with Gasteiger partial charge >= 0.3 is 0 Å². The highest BCUT2D eigenvalue weighted by atomic mass is 16.5. The van der Waals surface area contributed by atoms with Gasteiger partial charge in [0.25, 0.3) is 5.91 Å². The first-order chi connectivity index (χ1) is 13.2. The number of rotatable bonds is 8. The summed E-state index contributed by atoms with van der Waals surface area (Å²) in [6.45, 7) is 7.39. The average molecular weight is 370 g/mol. The molecule has 0 aliphatic carbocycles. The molecule has 0 saturated carbocycles. The van der Waals surface area contributed by atoms with Gasteiger partial charge in [-0.1, -0.05) is 0 Å². The minimum absolute atomic E-state index is 0.157. The van der Waals surface area contributed by atoms with Crippen LogP contribution in [0.3, 0.4) is 0 Å². The zero-order chi connectivity index (χ0) is 18.9. The number of morpholine rings is 1. The molecule has 2 N–H and O–H groups in total. The first-order valence-corrected chi connectivity index (χ1v) is 9.29. The topological polar surface area (TPSA) is 75.7 Å². The van der Waals surface area contributed by atoms with Crippen molar-refractivity contribution in [3.05, 3.63) is 48.3 Å². The molecule has 3 rings (SSSR count). The molecule has 144 valence electrons. The van der Waals surface area contributed by atoms with E-state index in [1.807, 2.05) is 37.3 Å². The fourth-order valence-corrected chi connectivity index (χ4v) is 2.81. The summed E-state index contributed by atoms with van der Waals surface area (Å²) in [5, 5.41) is 6.17. The molecule has 27 heavy (non-hydrogen) atoms. The Morgan fingerprint density at radius 3 is 2.56 bits per heavy atom. The summed E-state index contributed by atoms with van der Waals surface area (Å²) in [6.07, 6.45) is 1.66. The molecule has 1 aliphatic rings. The zero-order valence-corrected chi connectivity index (χ0v) is 15.6. The Morgan fingerprint density at radius 2 is 1.89 bits per heavy atom. The van der Waals surface area contributed by atoms with E-state index in [2.05, 4.69) is 20.5 Å². The predicted molar refractivity (Wildman–Crippen MR) is 105 cm³/mol. The summed E-state index contributed by atoms with van der Waals surface area (Å²) in [4.78, 5) is 18.7. The molecule has 1 aromatic carbocycles. The lowest BCUT2D eigenvalue weighted by Gasteiger charge is -2.26. The van der Waals surface area contributed by atoms with Gasteiger partial charge in [-0.3, -0.25) is 9.69 Å². The van der Waals surface area contributed by atoms with Crippen LogP contribution in [0, 0.1) is 0 Å². The summed E-state index contributed by atoms with van der Waals surface area (Å²) in [5.74, 6) is 0.682. The van der Waals surface area contributed by atoms with Gasteiger partial charge in [-0.15, -0.1) is 0 Å². The quantitative estimate of drug-likeness (QED) is 0.743. The molecule has 1 aliphatic heterocycles. The molecular weight excluding hydrogens is 344 g/mol. The third kappa shape index (κ3) is 5.94. The Balaban J connectivity index is 1.46. The molecule has 2 aromatic rings. The smallest absolute Gasteiger partial charge is 0.269 e. The second-order valence-electron chi connectivity index (χ2n) is 6.22. The number of carbonyl (C=O) groups is 1. The second-order valence-corrected chi connectivity index (χ2v) is 6.22. The Labute approximate surface area is 159 Å². The fourth-order valence-electron chi connectivity index (χ4n) is 2.81. The van der Waals surface area contributed by atoms with Crippen molar-refractivity contribution in [3.8, 4) is 5.75 Å². The number of carbonyl (C=O) groups excluding carboxylic acids is 1. The van der Waals surface area contributed by atoms with Crippen LogP contribution in [-0.2, 0) is 4.74 Å². The molecule has 1 amide bonds. The van der Waals surface area contributed by atoms with Gasteiger partial charge in [-0.2, -0.15) is 0 Å². The molecule has 0 atom stereocenters. The average Bonchev–Trinajstić information content (AvgIpc) is 2.71. The van der Waals surface area contributed by atoms with Crippen molar-refractivity contribution >= 4 is 17.3 Å². The van der Waals surface area contributed by atoms with Gasteiger partial charge in [0.15, 0.2) is 0 Å². The van der Waals surface area contributed by atoms with E-state index >= 15 is 0 Å². The van der Waals surface area contributed by atoms with E-state index in [0.29, 0.717) is 18.8 Å². The number of ether oxygens (including phenoxy) is 2. The monoisotopic (exact) mass is 370 g/mol. The molecule has 0 unspecified atom stereocenters. The normalized spacial score (nSPS) is 14.6. The van der Waals surface area contributed by atoms with Crippen molar-refractivity contribution in [1.82, 2.24) is 15.2 Å². The summed E-state index contributed by atoms with van der Waals surface area (Å²) in [6, 6.07) is 11.3. The van der Waals surface area contributed by atoms with Gasteiger partial charge in [-0.25, -0.2) is 4.98 Å². The first-order valence-electron chi connectivity index (χ1n) is 9.29. The van der Waals surface area contributed by atoms with Gasteiger partial charge in [0, 0.05) is 31.9 Å². The standard InChI is InChI=1S/C20H26N4O3/c1-2-27-18-6-3-16(4-7-18)23-17-5-8-19(22-15-17)20(25)21-9-10-24-11-13-26-14-12-24/h3-8,15,23H,2,9-14H2,1H3,(H,21,25). The highest BCUT2D eigenvalue weighted by Gasteiger charge is 2.11. The number of nitrogens with one attached hydrogen (secondary N) is 2. The molecule has 1 aromatic heterocycles. The van der Waals surface area contributed by atoms with E-state index in [-0.39, 0.29) is 5.91 Å². The maximum Gasteiger partial charge on any atom is 0.269 e. The number of nitrogens with zero attached hydrogens (tertiary/aromatic N) is 2. The first kappa shape index (κ1) is 19.1. The summed E-state index contributed by atoms with van der Waals surface area (Å²) in [5.41, 5.74) is 2.17. The van der Waals surface area contributed by atoms with Crippen LogP contribution in [0.15, 0.2) is 42.6 Å². The van der Waals surface area contributed by atoms with Crippen LogP contribution in [0.2, 0.25) is 0 Å². The van der Waals surface area contributed by atoms with E-state index in [9.17, 15) is 4.79 Å². The second kappa shape index (κ2) is 9.89. The van der Waals surface area contributed by atoms with Crippen LogP contribution < -0.4 is 15.4 Å². The maximum atomic E-state index is 12.2. The van der Waals surface area contributed by atoms with E-state index in [4.69, 9.17) is 9.47 Å². The lowest BCUT2D eigenvalue weighted by atomic mass is 10.2. The Kier molecular flexibility index (Phi) is 7.01. The molecule has 7 nitrogen and oxygen atoms in total. The molecule has 0 spiro atoms. The minimum atomic E-state index is -0.157. The van der Waals surface area contributed by atoms with Crippen molar-refractivity contribution in [3.63, 3.8) is 0 Å². The number of amides is 1. The van der Waals surface area contributed by atoms with Crippen molar-refractivity contribution < 1.29 is 14.3 Å². The van der Waals surface area contributed by atoms with Gasteiger partial charge < -0.3 is 20.1 Å². The highest BCUT2D eigenvalue weighted by molar-refractivity contribution is 5.92. The molecule has 2 heterocycles. The third-order valence-corrected chi connectivity index (χ3v) is 4.27. The van der Waals surface area contributed by atoms with Crippen LogP contribution in [0.1, 0.15) is 17.4 Å². The minimum Gasteiger partial charge on any atom is -0.494 e. The van der Waals surface area contributed by atoms with E-state index in [1.165, 1.54) is 0 Å². The number of pyridine rings is 1. The van der Waals surface area contributed by atoms with E-state index in [0.717, 1.165) is 50.0 Å². The van der Waals surface area contributed by atoms with Crippen LogP contribution in [0.5, 0.6) is 5.75 Å². The summed E-state index contributed by atoms with van der Waals surface area (Å²) < 4.78 is 10.7.